The molecule has 0 unspecified atom stereocenters. The van der Waals surface area contributed by atoms with Gasteiger partial charge in [0, 0.05) is 18.3 Å². The zero-order valence-corrected chi connectivity index (χ0v) is 12.1. The number of hydrogen-bond donors (Lipinski definition) is 2. The summed E-state index contributed by atoms with van der Waals surface area (Å²) in [6, 6.07) is 8.53. The van der Waals surface area contributed by atoms with Gasteiger partial charge >= 0.3 is 0 Å². The van der Waals surface area contributed by atoms with Crippen LogP contribution in [0.3, 0.4) is 0 Å². The molecule has 106 valence electrons. The molecule has 20 heavy (non-hydrogen) atoms. The fourth-order valence-corrected chi connectivity index (χ4v) is 2.71. The maximum atomic E-state index is 13.0. The van der Waals surface area contributed by atoms with Crippen molar-refractivity contribution in [3.05, 3.63) is 52.0 Å². The monoisotopic (exact) mass is 292 g/mol. The van der Waals surface area contributed by atoms with Gasteiger partial charge in [0.05, 0.1) is 5.69 Å². The predicted octanol–water partition coefficient (Wildman–Crippen LogP) is 3.18. The molecular weight excluding hydrogens is 275 g/mol. The second-order valence-electron chi connectivity index (χ2n) is 4.50. The van der Waals surface area contributed by atoms with E-state index >= 15 is 0 Å². The zero-order chi connectivity index (χ0) is 14.4. The van der Waals surface area contributed by atoms with Gasteiger partial charge in [-0.15, -0.1) is 11.3 Å². The van der Waals surface area contributed by atoms with E-state index in [4.69, 9.17) is 0 Å². The van der Waals surface area contributed by atoms with E-state index in [9.17, 15) is 9.18 Å². The van der Waals surface area contributed by atoms with E-state index < -0.39 is 0 Å². The number of amides is 1. The normalized spacial score (nSPS) is 10.5. The maximum absolute atomic E-state index is 13.0. The number of carbonyl (C=O) groups excluding carboxylic acids is 1. The molecule has 3 nitrogen and oxygen atoms in total. The Morgan fingerprint density at radius 3 is 2.95 bits per heavy atom. The Morgan fingerprint density at radius 1 is 1.35 bits per heavy atom. The van der Waals surface area contributed by atoms with Crippen molar-refractivity contribution in [3.63, 3.8) is 0 Å². The van der Waals surface area contributed by atoms with Crippen LogP contribution in [0, 0.1) is 5.82 Å². The summed E-state index contributed by atoms with van der Waals surface area (Å²) in [5.41, 5.74) is 1.84. The average Bonchev–Trinajstić information content (AvgIpc) is 2.81. The number of hydrogen-bond acceptors (Lipinski definition) is 3. The Bertz CT molecular complexity index is 583. The fourth-order valence-electron chi connectivity index (χ4n) is 1.91. The first kappa shape index (κ1) is 14.7. The first-order chi connectivity index (χ1) is 9.65. The number of anilines is 1. The molecule has 5 heteroatoms. The van der Waals surface area contributed by atoms with Crippen LogP contribution < -0.4 is 10.6 Å². The van der Waals surface area contributed by atoms with Crippen molar-refractivity contribution in [1.82, 2.24) is 5.32 Å². The first-order valence-corrected chi connectivity index (χ1v) is 7.32. The van der Waals surface area contributed by atoms with Crippen LogP contribution in [0.5, 0.6) is 0 Å². The predicted molar refractivity (Wildman–Crippen MR) is 80.4 cm³/mol. The van der Waals surface area contributed by atoms with E-state index in [1.807, 2.05) is 17.5 Å². The van der Waals surface area contributed by atoms with Crippen LogP contribution in [0.4, 0.5) is 10.1 Å². The minimum absolute atomic E-state index is 0.0654. The summed E-state index contributed by atoms with van der Waals surface area (Å²) >= 11 is 1.60. The van der Waals surface area contributed by atoms with Crippen LogP contribution in [-0.2, 0) is 17.8 Å². The standard InChI is InChI=1S/C15H17FN2OS/c1-11(19)18-14-6-8-20-15(14)10-17-7-5-12-3-2-4-13(16)9-12/h2-4,6,8-9,17H,5,7,10H2,1H3,(H,18,19). The largest absolute Gasteiger partial charge is 0.325 e. The van der Waals surface area contributed by atoms with E-state index in [1.165, 1.54) is 13.0 Å². The molecule has 0 atom stereocenters. The van der Waals surface area contributed by atoms with E-state index in [0.717, 1.165) is 29.1 Å². The number of halogens is 1. The Hall–Kier alpha value is -1.72. The number of carbonyl (C=O) groups is 1. The molecule has 0 aliphatic rings. The Morgan fingerprint density at radius 2 is 2.20 bits per heavy atom. The minimum atomic E-state index is -0.200. The first-order valence-electron chi connectivity index (χ1n) is 6.44. The molecule has 1 aromatic carbocycles. The SMILES string of the molecule is CC(=O)Nc1ccsc1CNCCc1cccc(F)c1. The molecule has 0 aliphatic heterocycles. The van der Waals surface area contributed by atoms with Gasteiger partial charge in [-0.2, -0.15) is 0 Å². The summed E-state index contributed by atoms with van der Waals surface area (Å²) in [5, 5.41) is 8.06. The number of benzene rings is 1. The molecule has 2 rings (SSSR count). The van der Waals surface area contributed by atoms with Crippen molar-refractivity contribution < 1.29 is 9.18 Å². The van der Waals surface area contributed by atoms with Gasteiger partial charge in [0.25, 0.3) is 0 Å². The van der Waals surface area contributed by atoms with Crippen molar-refractivity contribution in [2.45, 2.75) is 19.9 Å². The molecule has 2 aromatic rings. The van der Waals surface area contributed by atoms with Crippen LogP contribution in [-0.4, -0.2) is 12.5 Å². The molecule has 0 bridgehead atoms. The summed E-state index contributed by atoms with van der Waals surface area (Å²) in [6.07, 6.45) is 0.776. The van der Waals surface area contributed by atoms with Crippen LogP contribution in [0.1, 0.15) is 17.4 Å². The summed E-state index contributed by atoms with van der Waals surface area (Å²) < 4.78 is 13.0. The second kappa shape index (κ2) is 7.17. The van der Waals surface area contributed by atoms with E-state index in [1.54, 1.807) is 23.5 Å². The van der Waals surface area contributed by atoms with Crippen molar-refractivity contribution in [1.29, 1.82) is 0 Å². The van der Waals surface area contributed by atoms with E-state index in [-0.39, 0.29) is 11.7 Å². The lowest BCUT2D eigenvalue weighted by Gasteiger charge is -2.06. The van der Waals surface area contributed by atoms with Crippen molar-refractivity contribution >= 4 is 22.9 Å². The van der Waals surface area contributed by atoms with Crippen molar-refractivity contribution in [3.8, 4) is 0 Å². The van der Waals surface area contributed by atoms with E-state index in [0.29, 0.717) is 6.54 Å². The lowest BCUT2D eigenvalue weighted by Crippen LogP contribution is -2.17. The van der Waals surface area contributed by atoms with Gasteiger partial charge in [-0.25, -0.2) is 4.39 Å². The Kier molecular flexibility index (Phi) is 5.26. The zero-order valence-electron chi connectivity index (χ0n) is 11.3. The van der Waals surface area contributed by atoms with Gasteiger partial charge in [-0.05, 0) is 42.1 Å². The highest BCUT2D eigenvalue weighted by Crippen LogP contribution is 2.21. The van der Waals surface area contributed by atoms with Crippen LogP contribution in [0.25, 0.3) is 0 Å². The number of thiophene rings is 1. The van der Waals surface area contributed by atoms with Gasteiger partial charge in [0.15, 0.2) is 0 Å². The maximum Gasteiger partial charge on any atom is 0.221 e. The molecular formula is C15H17FN2OS. The quantitative estimate of drug-likeness (QED) is 0.803. The molecule has 1 aromatic heterocycles. The third-order valence-electron chi connectivity index (χ3n) is 2.82. The Balaban J connectivity index is 1.79. The molecule has 0 spiro atoms. The van der Waals surface area contributed by atoms with Gasteiger partial charge in [-0.3, -0.25) is 4.79 Å². The molecule has 2 N–H and O–H groups in total. The summed E-state index contributed by atoms with van der Waals surface area (Å²) in [7, 11) is 0. The summed E-state index contributed by atoms with van der Waals surface area (Å²) in [6.45, 7) is 2.96. The second-order valence-corrected chi connectivity index (χ2v) is 5.50. The molecule has 0 aliphatic carbocycles. The number of nitrogens with one attached hydrogen (secondary N) is 2. The van der Waals surface area contributed by atoms with Crippen LogP contribution in [0.15, 0.2) is 35.7 Å². The third-order valence-corrected chi connectivity index (χ3v) is 3.74. The van der Waals surface area contributed by atoms with Gasteiger partial charge < -0.3 is 10.6 Å². The minimum Gasteiger partial charge on any atom is -0.325 e. The van der Waals surface area contributed by atoms with Crippen LogP contribution in [0.2, 0.25) is 0 Å². The van der Waals surface area contributed by atoms with Crippen LogP contribution >= 0.6 is 11.3 Å². The van der Waals surface area contributed by atoms with Gasteiger partial charge in [0.2, 0.25) is 5.91 Å². The molecule has 0 fully saturated rings. The molecule has 1 heterocycles. The van der Waals surface area contributed by atoms with E-state index in [2.05, 4.69) is 10.6 Å². The lowest BCUT2D eigenvalue weighted by atomic mass is 10.1. The molecule has 0 saturated carbocycles. The molecule has 0 saturated heterocycles. The third kappa shape index (κ3) is 4.43. The lowest BCUT2D eigenvalue weighted by molar-refractivity contribution is -0.114. The van der Waals surface area contributed by atoms with Gasteiger partial charge in [0.1, 0.15) is 5.82 Å². The van der Waals surface area contributed by atoms with Gasteiger partial charge in [-0.1, -0.05) is 12.1 Å². The number of rotatable bonds is 6. The summed E-state index contributed by atoms with van der Waals surface area (Å²) in [4.78, 5) is 12.1. The molecule has 1 amide bonds. The topological polar surface area (TPSA) is 41.1 Å². The highest BCUT2D eigenvalue weighted by molar-refractivity contribution is 7.10. The van der Waals surface area contributed by atoms with Crippen molar-refractivity contribution in [2.24, 2.45) is 0 Å². The smallest absolute Gasteiger partial charge is 0.221 e. The Labute approximate surface area is 121 Å². The highest BCUT2D eigenvalue weighted by atomic mass is 32.1. The fraction of sp³-hybridized carbons (Fsp3) is 0.267. The van der Waals surface area contributed by atoms with Crippen molar-refractivity contribution in [2.75, 3.05) is 11.9 Å². The highest BCUT2D eigenvalue weighted by Gasteiger charge is 2.05. The average molecular weight is 292 g/mol. The summed E-state index contributed by atoms with van der Waals surface area (Å²) in [5.74, 6) is -0.266. The molecule has 0 radical (unpaired) electrons.